The highest BCUT2D eigenvalue weighted by atomic mass is 15.1. The lowest BCUT2D eigenvalue weighted by atomic mass is 9.79. The number of rotatable bonds is 9. The number of benzene rings is 8. The summed E-state index contributed by atoms with van der Waals surface area (Å²) in [7, 11) is 0. The fraction of sp³-hybridized carbons (Fsp3) is 0.0862. The van der Waals surface area contributed by atoms with Crippen molar-refractivity contribution in [2.45, 2.75) is 31.3 Å². The van der Waals surface area contributed by atoms with E-state index in [4.69, 9.17) is 4.99 Å². The van der Waals surface area contributed by atoms with Gasteiger partial charge in [-0.15, -0.1) is 0 Å². The van der Waals surface area contributed by atoms with Crippen LogP contribution in [0, 0.1) is 0 Å². The van der Waals surface area contributed by atoms with Gasteiger partial charge in [0.25, 0.3) is 0 Å². The van der Waals surface area contributed by atoms with Crippen LogP contribution in [0.4, 0.5) is 0 Å². The van der Waals surface area contributed by atoms with Crippen molar-refractivity contribution in [2.75, 3.05) is 0 Å². The molecule has 0 fully saturated rings. The van der Waals surface area contributed by atoms with E-state index in [2.05, 4.69) is 230 Å². The van der Waals surface area contributed by atoms with Crippen molar-refractivity contribution in [2.24, 2.45) is 4.99 Å². The summed E-state index contributed by atoms with van der Waals surface area (Å²) in [6.45, 7) is 0. The van der Waals surface area contributed by atoms with Crippen molar-refractivity contribution in [1.82, 2.24) is 5.32 Å². The van der Waals surface area contributed by atoms with Gasteiger partial charge in [-0.2, -0.15) is 0 Å². The van der Waals surface area contributed by atoms with Gasteiger partial charge in [0.2, 0.25) is 0 Å². The monoisotopic (exact) mass is 770 g/mol. The average Bonchev–Trinajstić information content (AvgIpc) is 3.35. The van der Waals surface area contributed by atoms with Crippen molar-refractivity contribution in [3.63, 3.8) is 0 Å². The van der Waals surface area contributed by atoms with E-state index in [9.17, 15) is 0 Å². The first-order chi connectivity index (χ1) is 29.8. The van der Waals surface area contributed by atoms with Gasteiger partial charge >= 0.3 is 0 Å². The second kappa shape index (κ2) is 16.9. The van der Waals surface area contributed by atoms with E-state index in [0.29, 0.717) is 0 Å². The summed E-state index contributed by atoms with van der Waals surface area (Å²) in [4.78, 5) is 5.53. The normalized spacial score (nSPS) is 16.1. The summed E-state index contributed by atoms with van der Waals surface area (Å²) in [5.41, 5.74) is 18.2. The lowest BCUT2D eigenvalue weighted by molar-refractivity contribution is 0.490. The van der Waals surface area contributed by atoms with E-state index in [1.807, 2.05) is 0 Å². The first-order valence-electron chi connectivity index (χ1n) is 21.2. The molecule has 8 aromatic rings. The second-order valence-electron chi connectivity index (χ2n) is 15.7. The lowest BCUT2D eigenvalue weighted by Gasteiger charge is -2.32. The zero-order valence-electron chi connectivity index (χ0n) is 33.6. The van der Waals surface area contributed by atoms with E-state index in [1.165, 1.54) is 72.3 Å². The number of nitrogens with one attached hydrogen (secondary N) is 1. The Morgan fingerprint density at radius 3 is 1.47 bits per heavy atom. The number of allylic oxidation sites excluding steroid dienone is 4. The third-order valence-corrected chi connectivity index (χ3v) is 12.0. The summed E-state index contributed by atoms with van der Waals surface area (Å²) in [5.74, 6) is 0.923. The molecule has 2 nitrogen and oxygen atoms in total. The number of nitrogens with zero attached hydrogens (tertiary/aromatic N) is 1. The van der Waals surface area contributed by atoms with Gasteiger partial charge in [-0.05, 0) is 103 Å². The number of aliphatic imine (C=N–C) groups is 1. The van der Waals surface area contributed by atoms with Gasteiger partial charge in [0, 0.05) is 5.56 Å². The van der Waals surface area contributed by atoms with Crippen LogP contribution in [-0.2, 0) is 0 Å². The van der Waals surface area contributed by atoms with Crippen LogP contribution < -0.4 is 5.32 Å². The molecule has 1 N–H and O–H groups in total. The van der Waals surface area contributed by atoms with Gasteiger partial charge in [-0.25, -0.2) is 0 Å². The molecule has 1 heterocycles. The Balaban J connectivity index is 1.15. The molecular weight excluding hydrogens is 725 g/mol. The zero-order chi connectivity index (χ0) is 40.1. The molecule has 0 aromatic heterocycles. The molecule has 8 aromatic carbocycles. The molecule has 2 unspecified atom stereocenters. The van der Waals surface area contributed by atoms with Gasteiger partial charge in [-0.3, -0.25) is 4.99 Å². The number of hydrogen-bond acceptors (Lipinski definition) is 2. The summed E-state index contributed by atoms with van der Waals surface area (Å²) < 4.78 is 0. The van der Waals surface area contributed by atoms with E-state index < -0.39 is 0 Å². The minimum absolute atomic E-state index is 0.00404. The van der Waals surface area contributed by atoms with Gasteiger partial charge in [0.05, 0.1) is 12.1 Å². The molecular formula is C58H46N2. The molecule has 2 aliphatic rings. The van der Waals surface area contributed by atoms with Gasteiger partial charge in [0.1, 0.15) is 5.84 Å². The molecule has 60 heavy (non-hydrogen) atoms. The SMILES string of the molecule is C1=CC(c2ccccc2C2CC(c3ccccc3)NC(c3ccc(-c4cc(-c5ccccc5)c(-c5ccccc5)c(-c5ccccc5)c4-c4ccccc4)cc3)=N2)=CCC1. The maximum atomic E-state index is 5.53. The van der Waals surface area contributed by atoms with E-state index in [0.717, 1.165) is 36.2 Å². The van der Waals surface area contributed by atoms with Crippen molar-refractivity contribution in [3.05, 3.63) is 247 Å². The average molecular weight is 771 g/mol. The van der Waals surface area contributed by atoms with Crippen LogP contribution in [0.3, 0.4) is 0 Å². The Morgan fingerprint density at radius 2 is 0.900 bits per heavy atom. The number of hydrogen-bond donors (Lipinski definition) is 1. The molecule has 1 aliphatic carbocycles. The van der Waals surface area contributed by atoms with Crippen LogP contribution in [0.2, 0.25) is 0 Å². The molecule has 10 rings (SSSR count). The Bertz CT molecular complexity index is 2820. The van der Waals surface area contributed by atoms with E-state index >= 15 is 0 Å². The van der Waals surface area contributed by atoms with E-state index in [1.54, 1.807) is 0 Å². The number of amidine groups is 1. The molecule has 288 valence electrons. The Hall–Kier alpha value is -7.29. The third kappa shape index (κ3) is 7.45. The molecule has 2 heteroatoms. The van der Waals surface area contributed by atoms with Crippen LogP contribution in [0.15, 0.2) is 229 Å². The molecule has 0 radical (unpaired) electrons. The van der Waals surface area contributed by atoms with Crippen LogP contribution in [0.5, 0.6) is 0 Å². The van der Waals surface area contributed by atoms with Gasteiger partial charge < -0.3 is 5.32 Å². The summed E-state index contributed by atoms with van der Waals surface area (Å²) in [6, 6.07) is 74.9. The first-order valence-corrected chi connectivity index (χ1v) is 21.2. The Kier molecular flexibility index (Phi) is 10.4. The van der Waals surface area contributed by atoms with Crippen molar-refractivity contribution in [1.29, 1.82) is 0 Å². The quantitative estimate of drug-likeness (QED) is 0.155. The largest absolute Gasteiger partial charge is 0.363 e. The second-order valence-corrected chi connectivity index (χ2v) is 15.7. The maximum absolute atomic E-state index is 5.53. The fourth-order valence-electron chi connectivity index (χ4n) is 9.08. The van der Waals surface area contributed by atoms with Crippen LogP contribution in [0.1, 0.15) is 53.6 Å². The Morgan fingerprint density at radius 1 is 0.417 bits per heavy atom. The molecule has 1 aliphatic heterocycles. The summed E-state index contributed by atoms with van der Waals surface area (Å²) in [5, 5.41) is 3.89. The molecule has 0 bridgehead atoms. The molecule has 2 atom stereocenters. The summed E-state index contributed by atoms with van der Waals surface area (Å²) in [6.07, 6.45) is 9.99. The summed E-state index contributed by atoms with van der Waals surface area (Å²) >= 11 is 0. The zero-order valence-corrected chi connectivity index (χ0v) is 33.6. The smallest absolute Gasteiger partial charge is 0.129 e. The van der Waals surface area contributed by atoms with Crippen LogP contribution in [0.25, 0.3) is 61.2 Å². The minimum atomic E-state index is -0.00404. The third-order valence-electron chi connectivity index (χ3n) is 12.0. The molecule has 0 amide bonds. The van der Waals surface area contributed by atoms with Crippen molar-refractivity contribution < 1.29 is 0 Å². The van der Waals surface area contributed by atoms with Gasteiger partial charge in [-0.1, -0.05) is 218 Å². The van der Waals surface area contributed by atoms with E-state index in [-0.39, 0.29) is 12.1 Å². The fourth-order valence-corrected chi connectivity index (χ4v) is 9.08. The highest BCUT2D eigenvalue weighted by molar-refractivity contribution is 6.08. The highest BCUT2D eigenvalue weighted by Gasteiger charge is 2.29. The van der Waals surface area contributed by atoms with Crippen molar-refractivity contribution >= 4 is 11.4 Å². The predicted octanol–water partition coefficient (Wildman–Crippen LogP) is 15.0. The van der Waals surface area contributed by atoms with Gasteiger partial charge in [0.15, 0.2) is 0 Å². The molecule has 0 saturated carbocycles. The molecule has 0 saturated heterocycles. The first kappa shape index (κ1) is 37.0. The molecule has 0 spiro atoms. The van der Waals surface area contributed by atoms with Crippen molar-refractivity contribution in [3.8, 4) is 55.6 Å². The standard InChI is InChI=1S/C58H46N2/c1-7-21-41(22-8-1)49-33-19-20-34-50(49)54-40-53(44-25-11-3-12-26-44)59-58(60-54)48-37-35-43(36-38-48)52-39-51(42-23-9-2-10-24-42)55(45-27-13-4-14-28-45)57(47-31-17-6-18-32-47)56(52)46-29-15-5-16-30-46/h2-7,9-39,53-54H,1,8,40H2,(H,59,60). The van der Waals surface area contributed by atoms with Crippen LogP contribution >= 0.6 is 0 Å². The topological polar surface area (TPSA) is 24.4 Å². The highest BCUT2D eigenvalue weighted by Crippen LogP contribution is 2.50. The lowest BCUT2D eigenvalue weighted by Crippen LogP contribution is -2.35. The Labute approximate surface area is 354 Å². The minimum Gasteiger partial charge on any atom is -0.363 e. The van der Waals surface area contributed by atoms with Crippen LogP contribution in [-0.4, -0.2) is 5.84 Å². The predicted molar refractivity (Wildman–Crippen MR) is 253 cm³/mol. The maximum Gasteiger partial charge on any atom is 0.129 e.